The lowest BCUT2D eigenvalue weighted by atomic mass is 10.0. The highest BCUT2D eigenvalue weighted by molar-refractivity contribution is 8.02. The van der Waals surface area contributed by atoms with Gasteiger partial charge in [0.25, 0.3) is 5.91 Å². The molecular formula is C26H22FN3O3S. The molecule has 0 aliphatic carbocycles. The molecule has 8 heteroatoms. The average Bonchev–Trinajstić information content (AvgIpc) is 3.28. The Morgan fingerprint density at radius 3 is 2.56 bits per heavy atom. The van der Waals surface area contributed by atoms with Gasteiger partial charge in [-0.25, -0.2) is 4.39 Å². The molecule has 2 heterocycles. The molecule has 0 aromatic heterocycles. The monoisotopic (exact) mass is 475 g/mol. The summed E-state index contributed by atoms with van der Waals surface area (Å²) in [5.74, 6) is -1.29. The van der Waals surface area contributed by atoms with Crippen LogP contribution in [0.4, 0.5) is 21.5 Å². The zero-order valence-electron chi connectivity index (χ0n) is 18.7. The van der Waals surface area contributed by atoms with E-state index in [1.165, 1.54) is 45.8 Å². The van der Waals surface area contributed by atoms with Gasteiger partial charge in [0.05, 0.1) is 11.4 Å². The van der Waals surface area contributed by atoms with Gasteiger partial charge < -0.3 is 5.32 Å². The Balaban J connectivity index is 1.51. The Morgan fingerprint density at radius 1 is 1.06 bits per heavy atom. The number of para-hydroxylation sites is 1. The fourth-order valence-electron chi connectivity index (χ4n) is 4.51. The van der Waals surface area contributed by atoms with Crippen molar-refractivity contribution < 1.29 is 18.8 Å². The molecule has 1 fully saturated rings. The quantitative estimate of drug-likeness (QED) is 0.609. The van der Waals surface area contributed by atoms with Gasteiger partial charge in [-0.15, -0.1) is 11.8 Å². The van der Waals surface area contributed by atoms with Crippen molar-refractivity contribution in [3.8, 4) is 0 Å². The van der Waals surface area contributed by atoms with Crippen molar-refractivity contribution >= 4 is 46.5 Å². The summed E-state index contributed by atoms with van der Waals surface area (Å²) in [6.07, 6.45) is 0. The smallest absolute Gasteiger partial charge is 0.269 e. The van der Waals surface area contributed by atoms with E-state index in [2.05, 4.69) is 5.32 Å². The van der Waals surface area contributed by atoms with Crippen LogP contribution in [0.5, 0.6) is 0 Å². The second kappa shape index (κ2) is 8.29. The van der Waals surface area contributed by atoms with Gasteiger partial charge >= 0.3 is 0 Å². The Morgan fingerprint density at radius 2 is 1.79 bits per heavy atom. The lowest BCUT2D eigenvalue weighted by Crippen LogP contribution is -2.50. The highest BCUT2D eigenvalue weighted by Gasteiger charge is 2.61. The number of rotatable bonds is 4. The van der Waals surface area contributed by atoms with Crippen LogP contribution in [-0.4, -0.2) is 30.0 Å². The number of hydrogen-bond acceptors (Lipinski definition) is 4. The number of aryl methyl sites for hydroxylation is 2. The number of thioether (sulfide) groups is 1. The van der Waals surface area contributed by atoms with Crippen molar-refractivity contribution in [2.24, 2.45) is 0 Å². The van der Waals surface area contributed by atoms with Crippen molar-refractivity contribution in [3.05, 3.63) is 89.2 Å². The first-order chi connectivity index (χ1) is 16.3. The molecule has 6 nitrogen and oxygen atoms in total. The first-order valence-corrected chi connectivity index (χ1v) is 11.8. The lowest BCUT2D eigenvalue weighted by molar-refractivity contribution is -0.124. The van der Waals surface area contributed by atoms with E-state index >= 15 is 0 Å². The zero-order valence-corrected chi connectivity index (χ0v) is 19.5. The molecule has 0 radical (unpaired) electrons. The Labute approximate surface area is 200 Å². The topological polar surface area (TPSA) is 69.7 Å². The highest BCUT2D eigenvalue weighted by Crippen LogP contribution is 2.55. The second-order valence-corrected chi connectivity index (χ2v) is 9.58. The molecule has 2 aliphatic rings. The molecule has 1 N–H and O–H groups in total. The molecule has 0 bridgehead atoms. The molecule has 0 saturated carbocycles. The summed E-state index contributed by atoms with van der Waals surface area (Å²) in [5, 5.41) is 2.90. The van der Waals surface area contributed by atoms with Gasteiger partial charge in [-0.1, -0.05) is 30.3 Å². The van der Waals surface area contributed by atoms with E-state index in [9.17, 15) is 18.8 Å². The van der Waals surface area contributed by atoms with E-state index in [-0.39, 0.29) is 30.0 Å². The zero-order chi connectivity index (χ0) is 24.0. The van der Waals surface area contributed by atoms with Crippen LogP contribution < -0.4 is 15.1 Å². The van der Waals surface area contributed by atoms with E-state index in [4.69, 9.17) is 0 Å². The summed E-state index contributed by atoms with van der Waals surface area (Å²) in [6.45, 7) is 3.65. The number of hydrogen-bond donors (Lipinski definition) is 1. The van der Waals surface area contributed by atoms with Crippen molar-refractivity contribution in [1.82, 2.24) is 0 Å². The predicted molar refractivity (Wildman–Crippen MR) is 131 cm³/mol. The molecule has 5 rings (SSSR count). The van der Waals surface area contributed by atoms with Gasteiger partial charge in [-0.05, 0) is 61.4 Å². The SMILES string of the molecule is Cc1ccc(C)c(NC(=O)CN2C(=O)[C@]3(SCC(=O)N3c3ccc(F)cc3)c3ccccc32)c1. The van der Waals surface area contributed by atoms with E-state index in [0.717, 1.165) is 11.1 Å². The third-order valence-electron chi connectivity index (χ3n) is 6.12. The summed E-state index contributed by atoms with van der Waals surface area (Å²) in [6, 6.07) is 18.5. The van der Waals surface area contributed by atoms with Crippen molar-refractivity contribution in [2.45, 2.75) is 18.7 Å². The first-order valence-electron chi connectivity index (χ1n) is 10.8. The highest BCUT2D eigenvalue weighted by atomic mass is 32.2. The normalized spacial score (nSPS) is 19.1. The summed E-state index contributed by atoms with van der Waals surface area (Å²) in [5.41, 5.74) is 4.28. The van der Waals surface area contributed by atoms with Crippen molar-refractivity contribution in [1.29, 1.82) is 0 Å². The number of benzene rings is 3. The van der Waals surface area contributed by atoms with Crippen LogP contribution in [0.25, 0.3) is 0 Å². The third kappa shape index (κ3) is 3.45. The molecule has 3 aromatic rings. The van der Waals surface area contributed by atoms with Crippen LogP contribution in [0.1, 0.15) is 16.7 Å². The Bertz CT molecular complexity index is 1330. The van der Waals surface area contributed by atoms with Crippen LogP contribution in [0.2, 0.25) is 0 Å². The van der Waals surface area contributed by atoms with Crippen LogP contribution in [0.15, 0.2) is 66.7 Å². The number of nitrogens with one attached hydrogen (secondary N) is 1. The van der Waals surface area contributed by atoms with Crippen LogP contribution in [-0.2, 0) is 19.3 Å². The number of carbonyl (C=O) groups is 3. The predicted octanol–water partition coefficient (Wildman–Crippen LogP) is 4.36. The fourth-order valence-corrected chi connectivity index (χ4v) is 5.87. The Hall–Kier alpha value is -3.65. The minimum atomic E-state index is -1.34. The minimum Gasteiger partial charge on any atom is -0.324 e. The number of nitrogens with zero attached hydrogens (tertiary/aromatic N) is 2. The Kier molecular flexibility index (Phi) is 5.40. The third-order valence-corrected chi connectivity index (χ3v) is 7.50. The van der Waals surface area contributed by atoms with Crippen LogP contribution in [0.3, 0.4) is 0 Å². The maximum atomic E-state index is 13.9. The minimum absolute atomic E-state index is 0.0972. The maximum absolute atomic E-state index is 13.9. The van der Waals surface area contributed by atoms with E-state index in [1.807, 2.05) is 32.0 Å². The lowest BCUT2D eigenvalue weighted by Gasteiger charge is -2.33. The number of amides is 3. The molecule has 3 aromatic carbocycles. The van der Waals surface area contributed by atoms with Gasteiger partial charge in [-0.2, -0.15) is 0 Å². The number of fused-ring (bicyclic) bond motifs is 2. The van der Waals surface area contributed by atoms with E-state index < -0.39 is 10.7 Å². The molecular weight excluding hydrogens is 453 g/mol. The van der Waals surface area contributed by atoms with Gasteiger partial charge in [0.1, 0.15) is 12.4 Å². The largest absolute Gasteiger partial charge is 0.324 e. The standard InChI is InChI=1S/C26H22FN3O3S/c1-16-7-8-17(2)21(13-16)28-23(31)14-29-22-6-4-3-5-20(22)26(25(29)33)30(24(32)15-34-26)19-11-9-18(27)10-12-19/h3-13H,14-15H2,1-2H3,(H,28,31)/t26-/m1/s1. The molecule has 34 heavy (non-hydrogen) atoms. The second-order valence-electron chi connectivity index (χ2n) is 8.41. The number of anilines is 3. The molecule has 2 aliphatic heterocycles. The number of carbonyl (C=O) groups excluding carboxylic acids is 3. The summed E-state index contributed by atoms with van der Waals surface area (Å²) in [4.78, 5) is 41.5. The van der Waals surface area contributed by atoms with Gasteiger partial charge in [0.15, 0.2) is 0 Å². The van der Waals surface area contributed by atoms with Gasteiger partial charge in [0, 0.05) is 16.9 Å². The summed E-state index contributed by atoms with van der Waals surface area (Å²) < 4.78 is 13.6. The number of halogens is 1. The molecule has 1 spiro atoms. The van der Waals surface area contributed by atoms with Crippen molar-refractivity contribution in [2.75, 3.05) is 27.4 Å². The molecule has 172 valence electrons. The maximum Gasteiger partial charge on any atom is 0.269 e. The van der Waals surface area contributed by atoms with Crippen molar-refractivity contribution in [3.63, 3.8) is 0 Å². The van der Waals surface area contributed by atoms with Crippen LogP contribution >= 0.6 is 11.8 Å². The van der Waals surface area contributed by atoms with Crippen LogP contribution in [0, 0.1) is 19.7 Å². The average molecular weight is 476 g/mol. The first kappa shape index (κ1) is 22.2. The molecule has 0 unspecified atom stereocenters. The van der Waals surface area contributed by atoms with E-state index in [0.29, 0.717) is 22.6 Å². The summed E-state index contributed by atoms with van der Waals surface area (Å²) in [7, 11) is 0. The van der Waals surface area contributed by atoms with E-state index in [1.54, 1.807) is 24.3 Å². The van der Waals surface area contributed by atoms with Gasteiger partial charge in [0.2, 0.25) is 16.7 Å². The summed E-state index contributed by atoms with van der Waals surface area (Å²) >= 11 is 1.22. The van der Waals surface area contributed by atoms with Gasteiger partial charge in [-0.3, -0.25) is 24.2 Å². The molecule has 1 atom stereocenters. The molecule has 3 amide bonds. The fraction of sp³-hybridized carbons (Fsp3) is 0.192. The molecule has 1 saturated heterocycles.